The molecule has 0 amide bonds. The van der Waals surface area contributed by atoms with Gasteiger partial charge in [-0.3, -0.25) is 0 Å². The van der Waals surface area contributed by atoms with Crippen LogP contribution < -0.4 is 5.32 Å². The zero-order chi connectivity index (χ0) is 12.8. The summed E-state index contributed by atoms with van der Waals surface area (Å²) in [6.45, 7) is 5.57. The van der Waals surface area contributed by atoms with Crippen molar-refractivity contribution in [3.8, 4) is 0 Å². The summed E-state index contributed by atoms with van der Waals surface area (Å²) >= 11 is 2.02. The number of rotatable bonds is 5. The summed E-state index contributed by atoms with van der Waals surface area (Å²) in [6, 6.07) is 5.29. The van der Waals surface area contributed by atoms with E-state index in [-0.39, 0.29) is 0 Å². The van der Waals surface area contributed by atoms with Crippen molar-refractivity contribution in [3.63, 3.8) is 0 Å². The van der Waals surface area contributed by atoms with Crippen molar-refractivity contribution < 1.29 is 0 Å². The Morgan fingerprint density at radius 2 is 1.89 bits per heavy atom. The molecule has 1 heterocycles. The van der Waals surface area contributed by atoms with Crippen molar-refractivity contribution in [1.29, 1.82) is 0 Å². The minimum absolute atomic E-state index is 0.610. The molecule has 102 valence electrons. The van der Waals surface area contributed by atoms with Gasteiger partial charge in [-0.25, -0.2) is 0 Å². The van der Waals surface area contributed by atoms with Crippen LogP contribution in [-0.2, 0) is 6.42 Å². The first-order valence-corrected chi connectivity index (χ1v) is 8.48. The van der Waals surface area contributed by atoms with Gasteiger partial charge in [0, 0.05) is 15.8 Å². The summed E-state index contributed by atoms with van der Waals surface area (Å²) in [5, 5.41) is 3.74. The third kappa shape index (κ3) is 3.58. The van der Waals surface area contributed by atoms with Crippen LogP contribution >= 0.6 is 11.3 Å². The van der Waals surface area contributed by atoms with E-state index in [0.29, 0.717) is 6.04 Å². The lowest BCUT2D eigenvalue weighted by molar-refractivity contribution is 0.334. The lowest BCUT2D eigenvalue weighted by atomic mass is 9.91. The van der Waals surface area contributed by atoms with Crippen molar-refractivity contribution in [2.45, 2.75) is 64.8 Å². The number of nitrogens with one attached hydrogen (secondary N) is 1. The normalized spacial score (nSPS) is 19.7. The van der Waals surface area contributed by atoms with Crippen LogP contribution in [0.5, 0.6) is 0 Å². The monoisotopic (exact) mass is 265 g/mol. The summed E-state index contributed by atoms with van der Waals surface area (Å²) in [4.78, 5) is 3.10. The number of aryl methyl sites for hydroxylation is 1. The molecule has 0 aromatic carbocycles. The lowest BCUT2D eigenvalue weighted by Crippen LogP contribution is -2.27. The summed E-state index contributed by atoms with van der Waals surface area (Å²) in [7, 11) is 0. The Labute approximate surface area is 116 Å². The third-order valence-electron chi connectivity index (χ3n) is 4.13. The average molecular weight is 265 g/mol. The SMILES string of the molecule is CCNC(c1ccc(CC)s1)C1CCCCCC1. The molecule has 1 atom stereocenters. The molecule has 0 aliphatic heterocycles. The Balaban J connectivity index is 2.10. The predicted octanol–water partition coefficient (Wildman–Crippen LogP) is 4.93. The Morgan fingerprint density at radius 1 is 1.17 bits per heavy atom. The fourth-order valence-corrected chi connectivity index (χ4v) is 4.24. The van der Waals surface area contributed by atoms with Gasteiger partial charge in [0.1, 0.15) is 0 Å². The molecule has 1 aromatic rings. The standard InChI is InChI=1S/C16H27NS/c1-3-14-11-12-15(18-14)16(17-4-2)13-9-7-5-6-8-10-13/h11-13,16-17H,3-10H2,1-2H3. The van der Waals surface area contributed by atoms with E-state index in [1.165, 1.54) is 49.8 Å². The Morgan fingerprint density at radius 3 is 2.44 bits per heavy atom. The second-order valence-electron chi connectivity index (χ2n) is 5.44. The van der Waals surface area contributed by atoms with Crippen molar-refractivity contribution in [3.05, 3.63) is 21.9 Å². The number of hydrogen-bond acceptors (Lipinski definition) is 2. The second kappa shape index (κ2) is 7.30. The van der Waals surface area contributed by atoms with Crippen molar-refractivity contribution in [2.24, 2.45) is 5.92 Å². The predicted molar refractivity (Wildman–Crippen MR) is 81.3 cm³/mol. The van der Waals surface area contributed by atoms with Gasteiger partial charge in [0.25, 0.3) is 0 Å². The zero-order valence-electron chi connectivity index (χ0n) is 11.9. The van der Waals surface area contributed by atoms with E-state index in [4.69, 9.17) is 0 Å². The first-order chi connectivity index (χ1) is 8.85. The molecule has 2 heteroatoms. The quantitative estimate of drug-likeness (QED) is 0.744. The van der Waals surface area contributed by atoms with Gasteiger partial charge in [-0.2, -0.15) is 0 Å². The minimum atomic E-state index is 0.610. The molecule has 0 bridgehead atoms. The highest BCUT2D eigenvalue weighted by atomic mass is 32.1. The molecule has 1 unspecified atom stereocenters. The highest BCUT2D eigenvalue weighted by Crippen LogP contribution is 2.36. The van der Waals surface area contributed by atoms with Gasteiger partial charge in [-0.1, -0.05) is 39.5 Å². The van der Waals surface area contributed by atoms with Crippen molar-refractivity contribution in [1.82, 2.24) is 5.32 Å². The van der Waals surface area contributed by atoms with Crippen LogP contribution in [-0.4, -0.2) is 6.54 Å². The van der Waals surface area contributed by atoms with Crippen LogP contribution in [0, 0.1) is 5.92 Å². The van der Waals surface area contributed by atoms with E-state index in [1.807, 2.05) is 11.3 Å². The van der Waals surface area contributed by atoms with Gasteiger partial charge in [0.05, 0.1) is 0 Å². The van der Waals surface area contributed by atoms with Gasteiger partial charge in [0.2, 0.25) is 0 Å². The zero-order valence-corrected chi connectivity index (χ0v) is 12.7. The highest BCUT2D eigenvalue weighted by molar-refractivity contribution is 7.12. The van der Waals surface area contributed by atoms with E-state index in [9.17, 15) is 0 Å². The van der Waals surface area contributed by atoms with Gasteiger partial charge in [-0.15, -0.1) is 11.3 Å². The van der Waals surface area contributed by atoms with E-state index in [2.05, 4.69) is 31.3 Å². The molecular weight excluding hydrogens is 238 g/mol. The summed E-state index contributed by atoms with van der Waals surface area (Å²) in [6.07, 6.45) is 9.75. The maximum Gasteiger partial charge on any atom is 0.0443 e. The molecule has 0 spiro atoms. The highest BCUT2D eigenvalue weighted by Gasteiger charge is 2.24. The maximum atomic E-state index is 3.74. The van der Waals surface area contributed by atoms with Crippen LogP contribution in [0.25, 0.3) is 0 Å². The van der Waals surface area contributed by atoms with Gasteiger partial charge < -0.3 is 5.32 Å². The average Bonchev–Trinajstić information content (AvgIpc) is 2.70. The lowest BCUT2D eigenvalue weighted by Gasteiger charge is -2.26. The fourth-order valence-electron chi connectivity index (χ4n) is 3.12. The molecule has 1 fully saturated rings. The van der Waals surface area contributed by atoms with Crippen LogP contribution in [0.1, 0.15) is 68.2 Å². The summed E-state index contributed by atoms with van der Waals surface area (Å²) in [5.74, 6) is 0.857. The van der Waals surface area contributed by atoms with Gasteiger partial charge >= 0.3 is 0 Å². The number of thiophene rings is 1. The Bertz CT molecular complexity index is 337. The Hall–Kier alpha value is -0.340. The topological polar surface area (TPSA) is 12.0 Å². The molecular formula is C16H27NS. The van der Waals surface area contributed by atoms with E-state index in [0.717, 1.165) is 12.5 Å². The molecule has 0 radical (unpaired) electrons. The molecule has 2 rings (SSSR count). The molecule has 0 saturated heterocycles. The molecule has 1 aliphatic rings. The van der Waals surface area contributed by atoms with Gasteiger partial charge in [-0.05, 0) is 43.9 Å². The molecule has 1 aliphatic carbocycles. The Kier molecular flexibility index (Phi) is 5.71. The van der Waals surface area contributed by atoms with Crippen LogP contribution in [0.2, 0.25) is 0 Å². The fraction of sp³-hybridized carbons (Fsp3) is 0.750. The smallest absolute Gasteiger partial charge is 0.0443 e. The van der Waals surface area contributed by atoms with Crippen LogP contribution in [0.15, 0.2) is 12.1 Å². The first kappa shape index (κ1) is 14.1. The molecule has 1 nitrogen and oxygen atoms in total. The molecule has 1 saturated carbocycles. The van der Waals surface area contributed by atoms with Crippen LogP contribution in [0.3, 0.4) is 0 Å². The molecule has 18 heavy (non-hydrogen) atoms. The van der Waals surface area contributed by atoms with E-state index < -0.39 is 0 Å². The van der Waals surface area contributed by atoms with E-state index >= 15 is 0 Å². The van der Waals surface area contributed by atoms with Crippen molar-refractivity contribution >= 4 is 11.3 Å². The molecule has 1 N–H and O–H groups in total. The van der Waals surface area contributed by atoms with Crippen molar-refractivity contribution in [2.75, 3.05) is 6.54 Å². The van der Waals surface area contributed by atoms with Crippen LogP contribution in [0.4, 0.5) is 0 Å². The third-order valence-corrected chi connectivity index (χ3v) is 5.45. The van der Waals surface area contributed by atoms with E-state index in [1.54, 1.807) is 4.88 Å². The first-order valence-electron chi connectivity index (χ1n) is 7.67. The minimum Gasteiger partial charge on any atom is -0.309 e. The maximum absolute atomic E-state index is 3.74. The summed E-state index contributed by atoms with van der Waals surface area (Å²) < 4.78 is 0. The number of hydrogen-bond donors (Lipinski definition) is 1. The van der Waals surface area contributed by atoms with Gasteiger partial charge in [0.15, 0.2) is 0 Å². The molecule has 1 aromatic heterocycles. The largest absolute Gasteiger partial charge is 0.309 e. The summed E-state index contributed by atoms with van der Waals surface area (Å²) in [5.41, 5.74) is 0. The second-order valence-corrected chi connectivity index (χ2v) is 6.64.